The first-order valence-corrected chi connectivity index (χ1v) is 9.56. The van der Waals surface area contributed by atoms with Crippen molar-refractivity contribution < 1.29 is 17.9 Å². The van der Waals surface area contributed by atoms with Gasteiger partial charge in [0.15, 0.2) is 0 Å². The number of nitrogens with zero attached hydrogens (tertiary/aromatic N) is 2. The van der Waals surface area contributed by atoms with Crippen molar-refractivity contribution in [3.63, 3.8) is 0 Å². The summed E-state index contributed by atoms with van der Waals surface area (Å²) in [6.07, 6.45) is 1.66. The lowest BCUT2D eigenvalue weighted by Gasteiger charge is -2.08. The van der Waals surface area contributed by atoms with Gasteiger partial charge in [-0.1, -0.05) is 17.7 Å². The zero-order valence-electron chi connectivity index (χ0n) is 14.0. The summed E-state index contributed by atoms with van der Waals surface area (Å²) in [5, 5.41) is 4.96. The van der Waals surface area contributed by atoms with Crippen LogP contribution in [0.2, 0.25) is 5.02 Å². The van der Waals surface area contributed by atoms with Crippen molar-refractivity contribution in [3.05, 3.63) is 74.8 Å². The molecule has 0 spiro atoms. The van der Waals surface area contributed by atoms with Crippen molar-refractivity contribution in [2.45, 2.75) is 18.4 Å². The van der Waals surface area contributed by atoms with Crippen molar-refractivity contribution in [2.24, 2.45) is 5.14 Å². The van der Waals surface area contributed by atoms with Gasteiger partial charge in [-0.2, -0.15) is 0 Å². The molecule has 2 heterocycles. The van der Waals surface area contributed by atoms with E-state index in [1.807, 2.05) is 6.92 Å². The van der Waals surface area contributed by atoms with Gasteiger partial charge < -0.3 is 4.74 Å². The molecule has 2 N–H and O–H groups in total. The molecule has 0 amide bonds. The summed E-state index contributed by atoms with van der Waals surface area (Å²) in [5.41, 5.74) is 1.23. The number of carbonyl (C=O) groups is 1. The van der Waals surface area contributed by atoms with E-state index in [-0.39, 0.29) is 33.3 Å². The molecule has 0 radical (unpaired) electrons. The van der Waals surface area contributed by atoms with Gasteiger partial charge >= 0.3 is 5.97 Å². The number of rotatable bonds is 4. The number of hydrogen-bond acceptors (Lipinski definition) is 6. The number of sulfonamides is 1. The van der Waals surface area contributed by atoms with E-state index in [1.54, 1.807) is 18.3 Å². The summed E-state index contributed by atoms with van der Waals surface area (Å²) in [6.45, 7) is 1.59. The number of halogens is 1. The first kappa shape index (κ1) is 19.0. The molecule has 27 heavy (non-hydrogen) atoms. The molecule has 10 heteroatoms. The average Bonchev–Trinajstić information content (AvgIpc) is 2.59. The van der Waals surface area contributed by atoms with Crippen molar-refractivity contribution in [2.75, 3.05) is 0 Å². The number of aromatic nitrogens is 2. The maximum Gasteiger partial charge on any atom is 0.338 e. The number of pyridine rings is 1. The van der Waals surface area contributed by atoms with Gasteiger partial charge in [-0.25, -0.2) is 23.3 Å². The molecule has 140 valence electrons. The summed E-state index contributed by atoms with van der Waals surface area (Å²) >= 11 is 5.78. The summed E-state index contributed by atoms with van der Waals surface area (Å²) in [5.74, 6) is -0.803. The Kier molecular flexibility index (Phi) is 5.01. The van der Waals surface area contributed by atoms with E-state index in [1.165, 1.54) is 22.6 Å². The highest BCUT2D eigenvalue weighted by Crippen LogP contribution is 2.22. The van der Waals surface area contributed by atoms with Crippen LogP contribution in [0.3, 0.4) is 0 Å². The first-order valence-electron chi connectivity index (χ1n) is 7.63. The van der Waals surface area contributed by atoms with Crippen LogP contribution >= 0.6 is 11.6 Å². The fourth-order valence-corrected chi connectivity index (χ4v) is 3.47. The lowest BCUT2D eigenvalue weighted by atomic mass is 10.2. The van der Waals surface area contributed by atoms with Crippen LogP contribution in [0.25, 0.3) is 5.65 Å². The summed E-state index contributed by atoms with van der Waals surface area (Å²) in [7, 11) is -4.09. The molecule has 1 aromatic carbocycles. The highest BCUT2D eigenvalue weighted by atomic mass is 35.5. The average molecular weight is 408 g/mol. The maximum absolute atomic E-state index is 12.2. The van der Waals surface area contributed by atoms with Gasteiger partial charge in [0.05, 0.1) is 16.3 Å². The number of carbonyl (C=O) groups excluding carboxylic acids is 1. The van der Waals surface area contributed by atoms with E-state index in [2.05, 4.69) is 4.98 Å². The highest BCUT2D eigenvalue weighted by molar-refractivity contribution is 7.89. The van der Waals surface area contributed by atoms with Crippen molar-refractivity contribution in [1.82, 2.24) is 9.38 Å². The third-order valence-electron chi connectivity index (χ3n) is 3.69. The lowest BCUT2D eigenvalue weighted by molar-refractivity contribution is 0.0467. The second kappa shape index (κ2) is 7.10. The SMILES string of the molecule is Cc1ccc2nc(COC(=O)c3ccc(Cl)c(S(N)(=O)=O)c3)cc(=O)n2c1. The fraction of sp³-hybridized carbons (Fsp3) is 0.118. The minimum atomic E-state index is -4.09. The van der Waals surface area contributed by atoms with E-state index in [9.17, 15) is 18.0 Å². The van der Waals surface area contributed by atoms with Gasteiger partial charge in [-0.15, -0.1) is 0 Å². The van der Waals surface area contributed by atoms with Crippen molar-refractivity contribution in [3.8, 4) is 0 Å². The summed E-state index contributed by atoms with van der Waals surface area (Å²) in [6, 6.07) is 8.33. The predicted octanol–water partition coefficient (Wildman–Crippen LogP) is 1.66. The number of benzene rings is 1. The number of aryl methyl sites for hydroxylation is 1. The minimum absolute atomic E-state index is 0.0449. The van der Waals surface area contributed by atoms with Gasteiger partial charge in [-0.05, 0) is 36.8 Å². The van der Waals surface area contributed by atoms with Crippen LogP contribution in [-0.2, 0) is 21.4 Å². The topological polar surface area (TPSA) is 121 Å². The molecule has 3 aromatic rings. The minimum Gasteiger partial charge on any atom is -0.456 e. The molecule has 0 aliphatic rings. The molecule has 0 saturated carbocycles. The molecule has 0 aliphatic heterocycles. The Bertz CT molecular complexity index is 1220. The van der Waals surface area contributed by atoms with Crippen molar-refractivity contribution >= 4 is 33.2 Å². The Balaban J connectivity index is 1.83. The summed E-state index contributed by atoms with van der Waals surface area (Å²) < 4.78 is 29.5. The number of nitrogens with two attached hydrogens (primary N) is 1. The fourth-order valence-electron chi connectivity index (χ4n) is 2.40. The van der Waals surface area contributed by atoms with Crippen LogP contribution < -0.4 is 10.7 Å². The molecule has 0 unspecified atom stereocenters. The van der Waals surface area contributed by atoms with E-state index >= 15 is 0 Å². The number of ether oxygens (including phenoxy) is 1. The largest absolute Gasteiger partial charge is 0.456 e. The predicted molar refractivity (Wildman–Crippen MR) is 98.1 cm³/mol. The normalized spacial score (nSPS) is 11.5. The number of hydrogen-bond donors (Lipinski definition) is 1. The van der Waals surface area contributed by atoms with E-state index in [0.29, 0.717) is 5.65 Å². The molecule has 0 aliphatic carbocycles. The Hall–Kier alpha value is -2.75. The first-order chi connectivity index (χ1) is 12.6. The van der Waals surface area contributed by atoms with E-state index < -0.39 is 16.0 Å². The molecule has 0 saturated heterocycles. The standard InChI is InChI=1S/C17H14ClN3O5S/c1-10-2-5-15-20-12(7-16(22)21(15)8-10)9-26-17(23)11-3-4-13(18)14(6-11)27(19,24)25/h2-8H,9H2,1H3,(H2,19,24,25). The number of fused-ring (bicyclic) bond motifs is 1. The molecular weight excluding hydrogens is 394 g/mol. The number of primary sulfonamides is 1. The van der Waals surface area contributed by atoms with Crippen LogP contribution in [-0.4, -0.2) is 23.8 Å². The Morgan fingerprint density at radius 2 is 2.00 bits per heavy atom. The van der Waals surface area contributed by atoms with Crippen LogP contribution in [0.4, 0.5) is 0 Å². The van der Waals surface area contributed by atoms with E-state index in [4.69, 9.17) is 21.5 Å². The molecule has 2 aromatic heterocycles. The molecule has 0 atom stereocenters. The van der Waals surface area contributed by atoms with Gasteiger partial charge in [-0.3, -0.25) is 9.20 Å². The quantitative estimate of drug-likeness (QED) is 0.656. The third kappa shape index (κ3) is 4.16. The van der Waals surface area contributed by atoms with Crippen LogP contribution in [0, 0.1) is 6.92 Å². The third-order valence-corrected chi connectivity index (χ3v) is 5.08. The Labute approximate surface area is 159 Å². The molecule has 3 rings (SSSR count). The van der Waals surface area contributed by atoms with Crippen LogP contribution in [0.1, 0.15) is 21.6 Å². The van der Waals surface area contributed by atoms with Gasteiger partial charge in [0.1, 0.15) is 17.1 Å². The van der Waals surface area contributed by atoms with Gasteiger partial charge in [0.25, 0.3) is 5.56 Å². The van der Waals surface area contributed by atoms with Gasteiger partial charge in [0, 0.05) is 12.3 Å². The smallest absolute Gasteiger partial charge is 0.338 e. The second-order valence-corrected chi connectivity index (χ2v) is 7.72. The monoisotopic (exact) mass is 407 g/mol. The Morgan fingerprint density at radius 3 is 2.70 bits per heavy atom. The highest BCUT2D eigenvalue weighted by Gasteiger charge is 2.17. The molecule has 0 bridgehead atoms. The van der Waals surface area contributed by atoms with Crippen LogP contribution in [0.15, 0.2) is 52.3 Å². The lowest BCUT2D eigenvalue weighted by Crippen LogP contribution is -2.17. The number of esters is 1. The zero-order valence-corrected chi connectivity index (χ0v) is 15.6. The summed E-state index contributed by atoms with van der Waals surface area (Å²) in [4.78, 5) is 28.2. The van der Waals surface area contributed by atoms with E-state index in [0.717, 1.165) is 11.6 Å². The van der Waals surface area contributed by atoms with Crippen molar-refractivity contribution in [1.29, 1.82) is 0 Å². The van der Waals surface area contributed by atoms with Gasteiger partial charge in [0.2, 0.25) is 10.0 Å². The maximum atomic E-state index is 12.2. The van der Waals surface area contributed by atoms with Crippen LogP contribution in [0.5, 0.6) is 0 Å². The molecular formula is C17H14ClN3O5S. The second-order valence-electron chi connectivity index (χ2n) is 5.79. The zero-order chi connectivity index (χ0) is 19.8. The molecule has 0 fully saturated rings. The Morgan fingerprint density at radius 1 is 1.26 bits per heavy atom. The molecule has 8 nitrogen and oxygen atoms in total.